The van der Waals surface area contributed by atoms with Crippen LogP contribution in [0.2, 0.25) is 5.15 Å². The molecule has 90 valence electrons. The van der Waals surface area contributed by atoms with E-state index in [4.69, 9.17) is 17.3 Å². The molecule has 0 fully saturated rings. The number of nitrogens with two attached hydrogens (primary N) is 1. The van der Waals surface area contributed by atoms with Crippen molar-refractivity contribution in [2.75, 3.05) is 5.73 Å². The quantitative estimate of drug-likeness (QED) is 0.725. The Morgan fingerprint density at radius 2 is 1.89 bits per heavy atom. The summed E-state index contributed by atoms with van der Waals surface area (Å²) in [6.07, 6.45) is 1.89. The van der Waals surface area contributed by atoms with Crippen LogP contribution < -0.4 is 5.73 Å². The van der Waals surface area contributed by atoms with E-state index in [2.05, 4.69) is 24.0 Å². The summed E-state index contributed by atoms with van der Waals surface area (Å²) in [6.45, 7) is 2.06. The number of fused-ring (bicyclic) bond motifs is 1. The summed E-state index contributed by atoms with van der Waals surface area (Å²) in [5.41, 5.74) is 9.52. The van der Waals surface area contributed by atoms with Crippen LogP contribution in [0.15, 0.2) is 42.6 Å². The van der Waals surface area contributed by atoms with Crippen molar-refractivity contribution in [2.24, 2.45) is 0 Å². The molecular formula is C14H12ClN3. The number of nitrogens with zero attached hydrogens (tertiary/aromatic N) is 2. The van der Waals surface area contributed by atoms with Crippen LogP contribution in [0, 0.1) is 6.92 Å². The zero-order valence-electron chi connectivity index (χ0n) is 9.89. The Morgan fingerprint density at radius 1 is 1.17 bits per heavy atom. The molecule has 2 heterocycles. The molecule has 0 unspecified atom stereocenters. The molecule has 18 heavy (non-hydrogen) atoms. The summed E-state index contributed by atoms with van der Waals surface area (Å²) < 4.78 is 1.95. The maximum absolute atomic E-state index is 6.14. The van der Waals surface area contributed by atoms with Crippen molar-refractivity contribution >= 4 is 22.8 Å². The third-order valence-electron chi connectivity index (χ3n) is 2.93. The minimum absolute atomic E-state index is 0.470. The highest BCUT2D eigenvalue weighted by Crippen LogP contribution is 2.27. The average molecular weight is 258 g/mol. The Balaban J connectivity index is 2.26. The van der Waals surface area contributed by atoms with Crippen LogP contribution in [0.4, 0.5) is 5.69 Å². The van der Waals surface area contributed by atoms with E-state index in [1.165, 1.54) is 5.56 Å². The van der Waals surface area contributed by atoms with Gasteiger partial charge in [0.05, 0.1) is 5.52 Å². The number of pyridine rings is 1. The second kappa shape index (κ2) is 4.03. The van der Waals surface area contributed by atoms with Gasteiger partial charge >= 0.3 is 0 Å². The number of hydrogen-bond acceptors (Lipinski definition) is 2. The monoisotopic (exact) mass is 257 g/mol. The van der Waals surface area contributed by atoms with Gasteiger partial charge in [0.2, 0.25) is 0 Å². The predicted octanol–water partition coefficient (Wildman–Crippen LogP) is 3.55. The summed E-state index contributed by atoms with van der Waals surface area (Å²) in [5, 5.41) is 0.470. The van der Waals surface area contributed by atoms with E-state index in [0.29, 0.717) is 10.8 Å². The van der Waals surface area contributed by atoms with E-state index >= 15 is 0 Å². The molecule has 4 heteroatoms. The van der Waals surface area contributed by atoms with Gasteiger partial charge in [-0.15, -0.1) is 0 Å². The van der Waals surface area contributed by atoms with Gasteiger partial charge in [0.25, 0.3) is 0 Å². The van der Waals surface area contributed by atoms with Crippen LogP contribution in [0.25, 0.3) is 16.9 Å². The van der Waals surface area contributed by atoms with E-state index in [1.807, 2.05) is 34.9 Å². The van der Waals surface area contributed by atoms with Crippen molar-refractivity contribution in [2.45, 2.75) is 6.92 Å². The van der Waals surface area contributed by atoms with Crippen molar-refractivity contribution in [1.29, 1.82) is 0 Å². The average Bonchev–Trinajstić information content (AvgIpc) is 2.68. The SMILES string of the molecule is Cc1ccc(-c2nc(Cl)c3cc(N)ccn23)cc1. The Bertz CT molecular complexity index is 714. The summed E-state index contributed by atoms with van der Waals surface area (Å²) >= 11 is 6.14. The van der Waals surface area contributed by atoms with E-state index in [0.717, 1.165) is 16.9 Å². The summed E-state index contributed by atoms with van der Waals surface area (Å²) in [5.74, 6) is 0.829. The number of anilines is 1. The summed E-state index contributed by atoms with van der Waals surface area (Å²) in [4.78, 5) is 4.40. The lowest BCUT2D eigenvalue weighted by atomic mass is 10.1. The van der Waals surface area contributed by atoms with Gasteiger partial charge in [0, 0.05) is 17.4 Å². The number of hydrogen-bond donors (Lipinski definition) is 1. The molecule has 3 aromatic rings. The zero-order valence-corrected chi connectivity index (χ0v) is 10.6. The maximum Gasteiger partial charge on any atom is 0.155 e. The minimum Gasteiger partial charge on any atom is -0.399 e. The number of aryl methyl sites for hydroxylation is 1. The molecular weight excluding hydrogens is 246 g/mol. The van der Waals surface area contributed by atoms with Gasteiger partial charge in [-0.25, -0.2) is 4.98 Å². The first kappa shape index (κ1) is 11.1. The van der Waals surface area contributed by atoms with Crippen LogP contribution in [0.1, 0.15) is 5.56 Å². The highest BCUT2D eigenvalue weighted by atomic mass is 35.5. The van der Waals surface area contributed by atoms with Crippen LogP contribution in [0.5, 0.6) is 0 Å². The summed E-state index contributed by atoms with van der Waals surface area (Å²) in [7, 11) is 0. The van der Waals surface area contributed by atoms with Gasteiger partial charge in [-0.2, -0.15) is 0 Å². The highest BCUT2D eigenvalue weighted by Gasteiger charge is 2.10. The van der Waals surface area contributed by atoms with Crippen molar-refractivity contribution in [3.05, 3.63) is 53.3 Å². The van der Waals surface area contributed by atoms with Gasteiger partial charge in [0.1, 0.15) is 5.82 Å². The number of nitrogen functional groups attached to an aromatic ring is 1. The number of halogens is 1. The molecule has 0 aliphatic rings. The lowest BCUT2D eigenvalue weighted by molar-refractivity contribution is 1.16. The normalized spacial score (nSPS) is 11.0. The van der Waals surface area contributed by atoms with Crippen molar-refractivity contribution in [3.63, 3.8) is 0 Å². The molecule has 1 aromatic carbocycles. The predicted molar refractivity (Wildman–Crippen MR) is 74.8 cm³/mol. The topological polar surface area (TPSA) is 43.3 Å². The molecule has 0 aliphatic heterocycles. The van der Waals surface area contributed by atoms with Gasteiger partial charge in [0.15, 0.2) is 5.15 Å². The molecule has 0 atom stereocenters. The lowest BCUT2D eigenvalue weighted by Crippen LogP contribution is -1.91. The van der Waals surface area contributed by atoms with Gasteiger partial charge in [-0.05, 0) is 19.1 Å². The first-order chi connectivity index (χ1) is 8.65. The molecule has 0 saturated heterocycles. The van der Waals surface area contributed by atoms with Crippen LogP contribution in [-0.4, -0.2) is 9.38 Å². The zero-order chi connectivity index (χ0) is 12.7. The minimum atomic E-state index is 0.470. The smallest absolute Gasteiger partial charge is 0.155 e. The maximum atomic E-state index is 6.14. The third kappa shape index (κ3) is 1.73. The fraction of sp³-hybridized carbons (Fsp3) is 0.0714. The molecule has 0 spiro atoms. The molecule has 0 aliphatic carbocycles. The van der Waals surface area contributed by atoms with Crippen LogP contribution >= 0.6 is 11.6 Å². The molecule has 0 amide bonds. The van der Waals surface area contributed by atoms with Crippen molar-refractivity contribution < 1.29 is 0 Å². The second-order valence-electron chi connectivity index (χ2n) is 4.31. The fourth-order valence-electron chi connectivity index (χ4n) is 1.97. The van der Waals surface area contributed by atoms with E-state index < -0.39 is 0 Å². The van der Waals surface area contributed by atoms with Gasteiger partial charge in [-0.3, -0.25) is 4.40 Å². The first-order valence-electron chi connectivity index (χ1n) is 5.65. The Kier molecular flexibility index (Phi) is 2.49. The lowest BCUT2D eigenvalue weighted by Gasteiger charge is -2.02. The summed E-state index contributed by atoms with van der Waals surface area (Å²) in [6, 6.07) is 11.9. The van der Waals surface area contributed by atoms with Crippen molar-refractivity contribution in [1.82, 2.24) is 9.38 Å². The molecule has 3 rings (SSSR count). The standard InChI is InChI=1S/C14H12ClN3/c1-9-2-4-10(5-3-9)14-17-13(15)12-8-11(16)6-7-18(12)14/h2-8H,16H2,1H3. The van der Waals surface area contributed by atoms with Gasteiger partial charge < -0.3 is 5.73 Å². The molecule has 0 saturated carbocycles. The molecule has 2 aromatic heterocycles. The number of benzene rings is 1. The number of aromatic nitrogens is 2. The van der Waals surface area contributed by atoms with E-state index in [-0.39, 0.29) is 0 Å². The Hall–Kier alpha value is -2.00. The number of rotatable bonds is 1. The van der Waals surface area contributed by atoms with Crippen molar-refractivity contribution in [3.8, 4) is 11.4 Å². The first-order valence-corrected chi connectivity index (χ1v) is 6.03. The van der Waals surface area contributed by atoms with E-state index in [1.54, 1.807) is 0 Å². The molecule has 0 radical (unpaired) electrons. The Morgan fingerprint density at radius 3 is 2.61 bits per heavy atom. The van der Waals surface area contributed by atoms with Gasteiger partial charge in [-0.1, -0.05) is 41.4 Å². The van der Waals surface area contributed by atoms with E-state index in [9.17, 15) is 0 Å². The highest BCUT2D eigenvalue weighted by molar-refractivity contribution is 6.33. The van der Waals surface area contributed by atoms with Crippen LogP contribution in [0.3, 0.4) is 0 Å². The van der Waals surface area contributed by atoms with Crippen LogP contribution in [-0.2, 0) is 0 Å². The number of imidazole rings is 1. The molecule has 2 N–H and O–H groups in total. The fourth-order valence-corrected chi connectivity index (χ4v) is 2.20. The molecule has 3 nitrogen and oxygen atoms in total. The Labute approximate surface area is 110 Å². The second-order valence-corrected chi connectivity index (χ2v) is 4.67. The third-order valence-corrected chi connectivity index (χ3v) is 3.21. The largest absolute Gasteiger partial charge is 0.399 e. The molecule has 0 bridgehead atoms.